The van der Waals surface area contributed by atoms with Crippen LogP contribution < -0.4 is 0 Å². The minimum atomic E-state index is -4.56. The van der Waals surface area contributed by atoms with Crippen LogP contribution in [0.15, 0.2) is 24.3 Å². The van der Waals surface area contributed by atoms with Gasteiger partial charge in [0.1, 0.15) is 5.82 Å². The van der Waals surface area contributed by atoms with Crippen molar-refractivity contribution in [1.29, 1.82) is 0 Å². The predicted molar refractivity (Wildman–Crippen MR) is 75.0 cm³/mol. The van der Waals surface area contributed by atoms with E-state index in [4.69, 9.17) is 5.11 Å². The van der Waals surface area contributed by atoms with Crippen molar-refractivity contribution in [3.63, 3.8) is 0 Å². The number of rotatable bonds is 5. The van der Waals surface area contributed by atoms with Crippen LogP contribution in [0, 0.1) is 5.82 Å². The molecule has 1 heterocycles. The third-order valence-electron chi connectivity index (χ3n) is 3.90. The molecule has 1 fully saturated rings. The maximum Gasteiger partial charge on any atom is 0.415 e. The van der Waals surface area contributed by atoms with E-state index in [1.54, 1.807) is 17.0 Å². The summed E-state index contributed by atoms with van der Waals surface area (Å²) in [6.45, 7) is 2.79. The highest BCUT2D eigenvalue weighted by atomic mass is 19.4. The van der Waals surface area contributed by atoms with Crippen LogP contribution >= 0.6 is 0 Å². The molecule has 1 aliphatic rings. The highest BCUT2D eigenvalue weighted by Gasteiger charge is 2.39. The van der Waals surface area contributed by atoms with E-state index in [9.17, 15) is 17.6 Å². The number of aliphatic hydroxyl groups is 1. The second-order valence-electron chi connectivity index (χ2n) is 5.58. The van der Waals surface area contributed by atoms with Gasteiger partial charge in [-0.15, -0.1) is 0 Å². The van der Waals surface area contributed by atoms with Gasteiger partial charge in [-0.3, -0.25) is 4.90 Å². The zero-order chi connectivity index (χ0) is 16.2. The third-order valence-corrected chi connectivity index (χ3v) is 3.90. The molecule has 2 rings (SSSR count). The number of piperazine rings is 1. The number of halogens is 4. The number of nitrogens with zero attached hydrogens (tertiary/aromatic N) is 2. The van der Waals surface area contributed by atoms with Crippen LogP contribution in [0.3, 0.4) is 0 Å². The molecular formula is C15H20F4N2O. The summed E-state index contributed by atoms with van der Waals surface area (Å²) < 4.78 is 49.7. The van der Waals surface area contributed by atoms with Gasteiger partial charge in [0, 0.05) is 39.3 Å². The fourth-order valence-corrected chi connectivity index (χ4v) is 2.48. The van der Waals surface area contributed by atoms with Crippen LogP contribution in [0.5, 0.6) is 0 Å². The van der Waals surface area contributed by atoms with Gasteiger partial charge in [0.05, 0.1) is 0 Å². The highest BCUT2D eigenvalue weighted by Crippen LogP contribution is 2.21. The van der Waals surface area contributed by atoms with Crippen LogP contribution in [-0.2, 0) is 6.42 Å². The predicted octanol–water partition coefficient (Wildman–Crippen LogP) is 1.91. The molecule has 0 spiro atoms. The molecule has 7 heteroatoms. The number of β-amino-alcohol motifs (C(OH)–C–C–N with tert-alkyl or cyclic N) is 1. The standard InChI is InChI=1S/C15H20F4N2O/c16-13-3-1-12(2-4-13)5-6-20-7-9-21(10-8-20)11-14(22)15(17,18)19/h1-4,14,22H,5-11H2. The smallest absolute Gasteiger partial charge is 0.382 e. The normalized spacial score (nSPS) is 19.3. The molecule has 0 bridgehead atoms. The molecule has 1 aliphatic heterocycles. The quantitative estimate of drug-likeness (QED) is 0.840. The van der Waals surface area contributed by atoms with Crippen LogP contribution in [0.1, 0.15) is 5.56 Å². The van der Waals surface area contributed by atoms with Crippen molar-refractivity contribution in [3.05, 3.63) is 35.6 Å². The lowest BCUT2D eigenvalue weighted by atomic mass is 10.1. The minimum absolute atomic E-state index is 0.263. The van der Waals surface area contributed by atoms with Crippen molar-refractivity contribution < 1.29 is 22.7 Å². The largest absolute Gasteiger partial charge is 0.415 e. The summed E-state index contributed by atoms with van der Waals surface area (Å²) in [7, 11) is 0. The second kappa shape index (κ2) is 7.39. The summed E-state index contributed by atoms with van der Waals surface area (Å²) in [6, 6.07) is 6.33. The van der Waals surface area contributed by atoms with Gasteiger partial charge >= 0.3 is 6.18 Å². The summed E-state index contributed by atoms with van der Waals surface area (Å²) in [4.78, 5) is 3.80. The van der Waals surface area contributed by atoms with Crippen LogP contribution in [-0.4, -0.2) is 66.5 Å². The Hall–Kier alpha value is -1.18. The molecule has 0 saturated carbocycles. The van der Waals surface area contributed by atoms with E-state index < -0.39 is 12.3 Å². The van der Waals surface area contributed by atoms with Gasteiger partial charge in [0.2, 0.25) is 0 Å². The fraction of sp³-hybridized carbons (Fsp3) is 0.600. The number of alkyl halides is 3. The van der Waals surface area contributed by atoms with Crippen molar-refractivity contribution in [2.45, 2.75) is 18.7 Å². The molecule has 1 aromatic carbocycles. The lowest BCUT2D eigenvalue weighted by molar-refractivity contribution is -0.208. The van der Waals surface area contributed by atoms with Gasteiger partial charge < -0.3 is 10.0 Å². The van der Waals surface area contributed by atoms with Crippen LogP contribution in [0.4, 0.5) is 17.6 Å². The van der Waals surface area contributed by atoms with E-state index >= 15 is 0 Å². The summed E-state index contributed by atoms with van der Waals surface area (Å²) in [6.07, 6.45) is -6.05. The summed E-state index contributed by atoms with van der Waals surface area (Å²) in [5, 5.41) is 9.07. The number of aliphatic hydroxyl groups excluding tert-OH is 1. The molecule has 0 amide bonds. The van der Waals surface area contributed by atoms with E-state index in [0.29, 0.717) is 26.2 Å². The first-order valence-electron chi connectivity index (χ1n) is 7.28. The van der Waals surface area contributed by atoms with Gasteiger partial charge in [-0.1, -0.05) is 12.1 Å². The molecule has 1 N–H and O–H groups in total. The Bertz CT molecular complexity index is 456. The lowest BCUT2D eigenvalue weighted by Gasteiger charge is -2.35. The first kappa shape index (κ1) is 17.2. The van der Waals surface area contributed by atoms with Gasteiger partial charge in [-0.2, -0.15) is 13.2 Å². The average Bonchev–Trinajstić information content (AvgIpc) is 2.47. The summed E-state index contributed by atoms with van der Waals surface area (Å²) >= 11 is 0. The van der Waals surface area contributed by atoms with Gasteiger partial charge in [0.15, 0.2) is 6.10 Å². The lowest BCUT2D eigenvalue weighted by Crippen LogP contribution is -2.51. The fourth-order valence-electron chi connectivity index (χ4n) is 2.48. The molecule has 0 aliphatic carbocycles. The Balaban J connectivity index is 1.70. The first-order valence-corrected chi connectivity index (χ1v) is 7.28. The molecule has 22 heavy (non-hydrogen) atoms. The minimum Gasteiger partial charge on any atom is -0.382 e. The third kappa shape index (κ3) is 5.23. The molecule has 1 atom stereocenters. The Morgan fingerprint density at radius 3 is 2.09 bits per heavy atom. The van der Waals surface area contributed by atoms with Gasteiger partial charge in [-0.25, -0.2) is 4.39 Å². The van der Waals surface area contributed by atoms with E-state index in [1.165, 1.54) is 12.1 Å². The molecule has 1 aromatic rings. The molecule has 124 valence electrons. The maximum absolute atomic E-state index is 12.8. The number of benzene rings is 1. The van der Waals surface area contributed by atoms with Crippen molar-refractivity contribution in [2.24, 2.45) is 0 Å². The van der Waals surface area contributed by atoms with Crippen molar-refractivity contribution >= 4 is 0 Å². The zero-order valence-corrected chi connectivity index (χ0v) is 12.2. The van der Waals surface area contributed by atoms with Crippen LogP contribution in [0.25, 0.3) is 0 Å². The molecule has 0 radical (unpaired) electrons. The van der Waals surface area contributed by atoms with Gasteiger partial charge in [-0.05, 0) is 24.1 Å². The Labute approximate surface area is 127 Å². The molecule has 3 nitrogen and oxygen atoms in total. The Morgan fingerprint density at radius 1 is 1.00 bits per heavy atom. The van der Waals surface area contributed by atoms with Gasteiger partial charge in [0.25, 0.3) is 0 Å². The zero-order valence-electron chi connectivity index (χ0n) is 12.2. The molecule has 1 unspecified atom stereocenters. The SMILES string of the molecule is OC(CN1CCN(CCc2ccc(F)cc2)CC1)C(F)(F)F. The average molecular weight is 320 g/mol. The van der Waals surface area contributed by atoms with E-state index in [0.717, 1.165) is 18.5 Å². The van der Waals surface area contributed by atoms with Crippen LogP contribution in [0.2, 0.25) is 0 Å². The van der Waals surface area contributed by atoms with E-state index in [1.807, 2.05) is 0 Å². The van der Waals surface area contributed by atoms with Crippen molar-refractivity contribution in [2.75, 3.05) is 39.3 Å². The summed E-state index contributed by atoms with van der Waals surface area (Å²) in [5.74, 6) is -0.263. The summed E-state index contributed by atoms with van der Waals surface area (Å²) in [5.41, 5.74) is 1.04. The van der Waals surface area contributed by atoms with E-state index in [-0.39, 0.29) is 12.4 Å². The number of hydrogen-bond donors (Lipinski definition) is 1. The monoisotopic (exact) mass is 320 g/mol. The highest BCUT2D eigenvalue weighted by molar-refractivity contribution is 5.16. The first-order chi connectivity index (χ1) is 10.3. The van der Waals surface area contributed by atoms with Crippen molar-refractivity contribution in [3.8, 4) is 0 Å². The maximum atomic E-state index is 12.8. The van der Waals surface area contributed by atoms with E-state index in [2.05, 4.69) is 4.90 Å². The Morgan fingerprint density at radius 2 is 1.55 bits per heavy atom. The second-order valence-corrected chi connectivity index (χ2v) is 5.58. The molecular weight excluding hydrogens is 300 g/mol. The van der Waals surface area contributed by atoms with Crippen molar-refractivity contribution in [1.82, 2.24) is 9.80 Å². The molecule has 0 aromatic heterocycles. The topological polar surface area (TPSA) is 26.7 Å². The molecule has 1 saturated heterocycles. The number of hydrogen-bond acceptors (Lipinski definition) is 3. The Kier molecular flexibility index (Phi) is 5.77.